The first-order valence-corrected chi connectivity index (χ1v) is 6.16. The first-order chi connectivity index (χ1) is 7.72. The van der Waals surface area contributed by atoms with Gasteiger partial charge in [-0.3, -0.25) is 0 Å². The molecule has 3 heterocycles. The van der Waals surface area contributed by atoms with E-state index in [-0.39, 0.29) is 0 Å². The van der Waals surface area contributed by atoms with Crippen LogP contribution in [-0.2, 0) is 12.1 Å². The summed E-state index contributed by atoms with van der Waals surface area (Å²) in [5, 5.41) is 14.2. The van der Waals surface area contributed by atoms with E-state index >= 15 is 0 Å². The molecule has 0 bridgehead atoms. The Morgan fingerprint density at radius 2 is 2.25 bits per heavy atom. The van der Waals surface area contributed by atoms with E-state index in [9.17, 15) is 5.11 Å². The minimum Gasteiger partial charge on any atom is -0.383 e. The van der Waals surface area contributed by atoms with Crippen LogP contribution in [0.5, 0.6) is 0 Å². The second-order valence-corrected chi connectivity index (χ2v) is 5.86. The van der Waals surface area contributed by atoms with E-state index in [1.165, 1.54) is 12.8 Å². The number of hydrogen-bond acceptors (Lipinski definition) is 3. The van der Waals surface area contributed by atoms with Crippen molar-refractivity contribution in [2.24, 2.45) is 11.3 Å². The maximum atomic E-state index is 10.8. The third-order valence-corrected chi connectivity index (χ3v) is 4.92. The van der Waals surface area contributed by atoms with E-state index in [1.807, 2.05) is 12.5 Å². The Hall–Kier alpha value is -0.870. The van der Waals surface area contributed by atoms with Gasteiger partial charge in [0.2, 0.25) is 0 Å². The number of nitrogens with zero attached hydrogens (tertiary/aromatic N) is 2. The van der Waals surface area contributed by atoms with E-state index in [0.29, 0.717) is 11.3 Å². The van der Waals surface area contributed by atoms with Crippen molar-refractivity contribution in [1.82, 2.24) is 14.9 Å². The van der Waals surface area contributed by atoms with Crippen LogP contribution in [0.4, 0.5) is 0 Å². The van der Waals surface area contributed by atoms with Gasteiger partial charge in [-0.25, -0.2) is 4.98 Å². The smallest absolute Gasteiger partial charge is 0.111 e. The molecule has 0 amide bonds. The van der Waals surface area contributed by atoms with Gasteiger partial charge in [0.15, 0.2) is 0 Å². The summed E-state index contributed by atoms with van der Waals surface area (Å²) < 4.78 is 2.10. The highest BCUT2D eigenvalue weighted by molar-refractivity contribution is 5.21. The Morgan fingerprint density at radius 3 is 2.94 bits per heavy atom. The molecule has 2 N–H and O–H groups in total. The standard InChI is InChI=1S/C12H17N3O/c16-12(1-2-15-8-13-5-10(12)15)9-3-11(4-9)6-14-7-11/h5,8-9,14,16H,1-4,6-7H2. The van der Waals surface area contributed by atoms with E-state index in [1.54, 1.807) is 0 Å². The van der Waals surface area contributed by atoms with E-state index in [0.717, 1.165) is 31.7 Å². The molecule has 4 heteroatoms. The molecule has 0 aromatic carbocycles. The largest absolute Gasteiger partial charge is 0.383 e. The average molecular weight is 219 g/mol. The van der Waals surface area contributed by atoms with Crippen LogP contribution >= 0.6 is 0 Å². The van der Waals surface area contributed by atoms with Gasteiger partial charge in [0, 0.05) is 26.1 Å². The molecule has 0 radical (unpaired) electrons. The quantitative estimate of drug-likeness (QED) is 0.722. The summed E-state index contributed by atoms with van der Waals surface area (Å²) in [6.07, 6.45) is 6.92. The first kappa shape index (κ1) is 9.19. The zero-order valence-corrected chi connectivity index (χ0v) is 9.32. The van der Waals surface area contributed by atoms with Crippen LogP contribution in [0.1, 0.15) is 25.0 Å². The van der Waals surface area contributed by atoms with Gasteiger partial charge in [-0.05, 0) is 24.2 Å². The number of hydrogen-bond donors (Lipinski definition) is 2. The fourth-order valence-corrected chi connectivity index (χ4v) is 3.78. The van der Waals surface area contributed by atoms with Gasteiger partial charge in [0.05, 0.1) is 18.2 Å². The third-order valence-electron chi connectivity index (χ3n) is 4.92. The molecular weight excluding hydrogens is 202 g/mol. The number of nitrogens with one attached hydrogen (secondary N) is 1. The molecule has 1 saturated heterocycles. The summed E-state index contributed by atoms with van der Waals surface area (Å²) in [7, 11) is 0. The number of fused-ring (bicyclic) bond motifs is 1. The molecule has 1 spiro atoms. The van der Waals surface area contributed by atoms with Crippen LogP contribution < -0.4 is 5.32 Å². The molecule has 1 aromatic rings. The van der Waals surface area contributed by atoms with Crippen LogP contribution in [0.2, 0.25) is 0 Å². The predicted octanol–water partition coefficient (Wildman–Crippen LogP) is 0.474. The molecule has 1 aliphatic carbocycles. The summed E-state index contributed by atoms with van der Waals surface area (Å²) in [6.45, 7) is 3.23. The molecule has 1 saturated carbocycles. The molecule has 1 aromatic heterocycles. The Morgan fingerprint density at radius 1 is 1.44 bits per heavy atom. The monoisotopic (exact) mass is 219 g/mol. The highest BCUT2D eigenvalue weighted by Crippen LogP contribution is 2.57. The fourth-order valence-electron chi connectivity index (χ4n) is 3.78. The molecule has 4 nitrogen and oxygen atoms in total. The highest BCUT2D eigenvalue weighted by atomic mass is 16.3. The van der Waals surface area contributed by atoms with Crippen molar-refractivity contribution in [3.05, 3.63) is 18.2 Å². The number of aliphatic hydroxyl groups is 1. The topological polar surface area (TPSA) is 50.1 Å². The maximum absolute atomic E-state index is 10.8. The lowest BCUT2D eigenvalue weighted by Gasteiger charge is -2.57. The van der Waals surface area contributed by atoms with Gasteiger partial charge in [-0.1, -0.05) is 0 Å². The van der Waals surface area contributed by atoms with Crippen LogP contribution in [0, 0.1) is 11.3 Å². The van der Waals surface area contributed by atoms with Crippen LogP contribution in [0.15, 0.2) is 12.5 Å². The number of imidazole rings is 1. The Balaban J connectivity index is 1.60. The molecule has 1 unspecified atom stereocenters. The number of aryl methyl sites for hydroxylation is 1. The zero-order chi connectivity index (χ0) is 10.8. The van der Waals surface area contributed by atoms with Crippen LogP contribution in [0.3, 0.4) is 0 Å². The first-order valence-electron chi connectivity index (χ1n) is 6.16. The molecule has 4 rings (SSSR count). The minimum absolute atomic E-state index is 0.451. The van der Waals surface area contributed by atoms with E-state index in [4.69, 9.17) is 0 Å². The van der Waals surface area contributed by atoms with Gasteiger partial charge in [0.1, 0.15) is 5.60 Å². The number of rotatable bonds is 1. The molecule has 3 aliphatic rings. The number of aromatic nitrogens is 2. The van der Waals surface area contributed by atoms with Gasteiger partial charge >= 0.3 is 0 Å². The Labute approximate surface area is 94.7 Å². The minimum atomic E-state index is -0.586. The zero-order valence-electron chi connectivity index (χ0n) is 9.32. The second-order valence-electron chi connectivity index (χ2n) is 5.86. The SMILES string of the molecule is OC1(C2CC3(CNC3)C2)CCn2cncc21. The van der Waals surface area contributed by atoms with E-state index < -0.39 is 5.60 Å². The summed E-state index contributed by atoms with van der Waals surface area (Å²) in [5.41, 5.74) is 0.991. The van der Waals surface area contributed by atoms with E-state index in [2.05, 4.69) is 14.9 Å². The average Bonchev–Trinajstić information content (AvgIpc) is 2.66. The Bertz CT molecular complexity index is 429. The molecule has 2 aliphatic heterocycles. The lowest BCUT2D eigenvalue weighted by molar-refractivity contribution is -0.128. The van der Waals surface area contributed by atoms with Crippen LogP contribution in [0.25, 0.3) is 0 Å². The highest BCUT2D eigenvalue weighted by Gasteiger charge is 2.57. The van der Waals surface area contributed by atoms with Gasteiger partial charge < -0.3 is 15.0 Å². The molecule has 1 atom stereocenters. The summed E-state index contributed by atoms with van der Waals surface area (Å²) in [4.78, 5) is 4.14. The maximum Gasteiger partial charge on any atom is 0.111 e. The van der Waals surface area contributed by atoms with Crippen molar-refractivity contribution >= 4 is 0 Å². The molecular formula is C12H17N3O. The predicted molar refractivity (Wildman–Crippen MR) is 58.8 cm³/mol. The van der Waals surface area contributed by atoms with Crippen molar-refractivity contribution < 1.29 is 5.11 Å². The lowest BCUT2D eigenvalue weighted by atomic mass is 9.53. The summed E-state index contributed by atoms with van der Waals surface area (Å²) in [6, 6.07) is 0. The molecule has 2 fully saturated rings. The summed E-state index contributed by atoms with van der Waals surface area (Å²) >= 11 is 0. The lowest BCUT2D eigenvalue weighted by Crippen LogP contribution is -2.63. The van der Waals surface area contributed by atoms with Crippen molar-refractivity contribution in [3.8, 4) is 0 Å². The van der Waals surface area contributed by atoms with Gasteiger partial charge in [-0.15, -0.1) is 0 Å². The van der Waals surface area contributed by atoms with Gasteiger partial charge in [-0.2, -0.15) is 0 Å². The Kier molecular flexibility index (Phi) is 1.54. The van der Waals surface area contributed by atoms with Crippen LogP contribution in [-0.4, -0.2) is 27.7 Å². The van der Waals surface area contributed by atoms with Crippen molar-refractivity contribution in [3.63, 3.8) is 0 Å². The summed E-state index contributed by atoms with van der Waals surface area (Å²) in [5.74, 6) is 0.451. The fraction of sp³-hybridized carbons (Fsp3) is 0.750. The van der Waals surface area contributed by atoms with Gasteiger partial charge in [0.25, 0.3) is 0 Å². The third kappa shape index (κ3) is 0.949. The van der Waals surface area contributed by atoms with Crippen molar-refractivity contribution in [2.45, 2.75) is 31.4 Å². The molecule has 16 heavy (non-hydrogen) atoms. The van der Waals surface area contributed by atoms with Crippen molar-refractivity contribution in [2.75, 3.05) is 13.1 Å². The second kappa shape index (κ2) is 2.68. The van der Waals surface area contributed by atoms with Crippen molar-refractivity contribution in [1.29, 1.82) is 0 Å². The normalized spacial score (nSPS) is 35.8. The molecule has 86 valence electrons.